The van der Waals surface area contributed by atoms with Crippen molar-refractivity contribution in [3.8, 4) is 16.9 Å². The molecule has 0 radical (unpaired) electrons. The van der Waals surface area contributed by atoms with E-state index in [0.717, 1.165) is 43.0 Å². The highest BCUT2D eigenvalue weighted by Crippen LogP contribution is 2.30. The summed E-state index contributed by atoms with van der Waals surface area (Å²) < 4.78 is 41.9. The molecule has 31 heavy (non-hydrogen) atoms. The predicted octanol–water partition coefficient (Wildman–Crippen LogP) is 4.06. The van der Waals surface area contributed by atoms with Crippen LogP contribution in [0.2, 0.25) is 0 Å². The molecule has 0 amide bonds. The molecular weight excluding hydrogens is 405 g/mol. The summed E-state index contributed by atoms with van der Waals surface area (Å²) in [5, 5.41) is 4.57. The van der Waals surface area contributed by atoms with E-state index in [-0.39, 0.29) is 5.56 Å². The van der Waals surface area contributed by atoms with Crippen LogP contribution < -0.4 is 10.9 Å². The minimum Gasteiger partial charge on any atom is -0.347 e. The Bertz CT molecular complexity index is 1350. The molecular formula is C23H19F3N4O. The minimum absolute atomic E-state index is 0.279. The number of rotatable bonds is 2. The van der Waals surface area contributed by atoms with Crippen LogP contribution in [0, 0.1) is 0 Å². The lowest BCUT2D eigenvalue weighted by molar-refractivity contribution is -0.137. The van der Waals surface area contributed by atoms with Gasteiger partial charge in [0.2, 0.25) is 0 Å². The monoisotopic (exact) mass is 424 g/mol. The third-order valence-corrected chi connectivity index (χ3v) is 5.85. The van der Waals surface area contributed by atoms with Crippen molar-refractivity contribution in [1.29, 1.82) is 0 Å². The van der Waals surface area contributed by atoms with Gasteiger partial charge in [0.05, 0.1) is 22.5 Å². The zero-order chi connectivity index (χ0) is 21.8. The van der Waals surface area contributed by atoms with Crippen molar-refractivity contribution in [2.45, 2.75) is 19.1 Å². The van der Waals surface area contributed by atoms with Crippen LogP contribution in [0.15, 0.2) is 59.7 Å². The van der Waals surface area contributed by atoms with Gasteiger partial charge in [-0.05, 0) is 35.9 Å². The third-order valence-electron chi connectivity index (χ3n) is 5.85. The highest BCUT2D eigenvalue weighted by atomic mass is 19.4. The van der Waals surface area contributed by atoms with E-state index in [9.17, 15) is 18.0 Å². The summed E-state index contributed by atoms with van der Waals surface area (Å²) in [5.74, 6) is 0. The van der Waals surface area contributed by atoms with Crippen LogP contribution in [-0.2, 0) is 26.2 Å². The lowest BCUT2D eigenvalue weighted by Crippen LogP contribution is -2.24. The fourth-order valence-corrected chi connectivity index (χ4v) is 4.23. The van der Waals surface area contributed by atoms with E-state index >= 15 is 0 Å². The second kappa shape index (κ2) is 7.09. The number of benzene rings is 1. The van der Waals surface area contributed by atoms with Crippen LogP contribution in [0.1, 0.15) is 16.8 Å². The molecule has 0 fully saturated rings. The summed E-state index contributed by atoms with van der Waals surface area (Å²) >= 11 is 0. The summed E-state index contributed by atoms with van der Waals surface area (Å²) in [4.78, 5) is 16.7. The molecule has 1 N–H and O–H groups in total. The zero-order valence-corrected chi connectivity index (χ0v) is 16.7. The molecule has 0 saturated carbocycles. The second-order valence-corrected chi connectivity index (χ2v) is 7.67. The molecule has 0 atom stereocenters. The lowest BCUT2D eigenvalue weighted by Gasteiger charge is -2.14. The average molecular weight is 424 g/mol. The first-order valence-electron chi connectivity index (χ1n) is 9.90. The Hall–Kier alpha value is -3.39. The third kappa shape index (κ3) is 3.33. The first-order valence-corrected chi connectivity index (χ1v) is 9.90. The van der Waals surface area contributed by atoms with Gasteiger partial charge in [-0.25, -0.2) is 0 Å². The smallest absolute Gasteiger partial charge is 0.347 e. The molecule has 4 aromatic rings. The van der Waals surface area contributed by atoms with Crippen LogP contribution in [0.4, 0.5) is 13.2 Å². The van der Waals surface area contributed by atoms with E-state index in [4.69, 9.17) is 0 Å². The van der Waals surface area contributed by atoms with Crippen molar-refractivity contribution >= 4 is 10.9 Å². The summed E-state index contributed by atoms with van der Waals surface area (Å²) in [6.07, 6.45) is -1.08. The van der Waals surface area contributed by atoms with Crippen LogP contribution in [0.25, 0.3) is 27.8 Å². The number of fused-ring (bicyclic) bond motifs is 3. The van der Waals surface area contributed by atoms with Gasteiger partial charge in [-0.3, -0.25) is 14.3 Å². The Kier molecular flexibility index (Phi) is 4.48. The van der Waals surface area contributed by atoms with Crippen LogP contribution in [0.5, 0.6) is 0 Å². The van der Waals surface area contributed by atoms with E-state index < -0.39 is 11.7 Å². The van der Waals surface area contributed by atoms with Crippen LogP contribution in [-0.4, -0.2) is 20.7 Å². The number of nitrogens with one attached hydrogen (secondary N) is 1. The number of aromatic nitrogens is 3. The number of pyridine rings is 2. The molecule has 5 nitrogen and oxygen atoms in total. The maximum atomic E-state index is 12.8. The number of hydrogen-bond acceptors (Lipinski definition) is 3. The van der Waals surface area contributed by atoms with Gasteiger partial charge in [0.1, 0.15) is 0 Å². The van der Waals surface area contributed by atoms with E-state index in [1.807, 2.05) is 25.2 Å². The molecule has 8 heteroatoms. The van der Waals surface area contributed by atoms with Gasteiger partial charge in [-0.2, -0.15) is 13.2 Å². The van der Waals surface area contributed by atoms with Crippen LogP contribution >= 0.6 is 0 Å². The first-order chi connectivity index (χ1) is 14.8. The standard InChI is InChI=1S/C23H19F3N4O/c1-29-20-6-8-27-13-18(20)17-4-3-16(11-21(17)29)30-9-7-14(10-22(30)31)19-5-2-15(12-28-19)23(24,25)26/h2-5,7,9-12,27H,6,8,13H2,1H3. The number of alkyl halides is 3. The summed E-state index contributed by atoms with van der Waals surface area (Å²) in [6.45, 7) is 1.78. The summed E-state index contributed by atoms with van der Waals surface area (Å²) in [7, 11) is 2.04. The van der Waals surface area contributed by atoms with Gasteiger partial charge in [0.25, 0.3) is 5.56 Å². The molecule has 0 spiro atoms. The molecule has 0 unspecified atom stereocenters. The van der Waals surface area contributed by atoms with Gasteiger partial charge < -0.3 is 9.88 Å². The Morgan fingerprint density at radius 3 is 2.65 bits per heavy atom. The summed E-state index contributed by atoms with van der Waals surface area (Å²) in [6, 6.07) is 11.2. The van der Waals surface area contributed by atoms with Gasteiger partial charge in [-0.1, -0.05) is 6.07 Å². The number of hydrogen-bond donors (Lipinski definition) is 1. The second-order valence-electron chi connectivity index (χ2n) is 7.67. The quantitative estimate of drug-likeness (QED) is 0.528. The molecule has 3 aromatic heterocycles. The Balaban J connectivity index is 1.52. The minimum atomic E-state index is -4.44. The first kappa shape index (κ1) is 19.6. The van der Waals surface area contributed by atoms with Gasteiger partial charge >= 0.3 is 6.18 Å². The van der Waals surface area contributed by atoms with E-state index in [1.165, 1.54) is 33.3 Å². The van der Waals surface area contributed by atoms with Crippen molar-refractivity contribution in [1.82, 2.24) is 19.4 Å². The zero-order valence-electron chi connectivity index (χ0n) is 16.7. The molecule has 1 aliphatic rings. The maximum Gasteiger partial charge on any atom is 0.417 e. The lowest BCUT2D eigenvalue weighted by atomic mass is 10.1. The fourth-order valence-electron chi connectivity index (χ4n) is 4.23. The summed E-state index contributed by atoms with van der Waals surface area (Å²) in [5.41, 5.74) is 4.08. The van der Waals surface area contributed by atoms with Crippen molar-refractivity contribution in [2.75, 3.05) is 6.54 Å². The molecule has 0 saturated heterocycles. The van der Waals surface area contributed by atoms with Crippen LogP contribution in [0.3, 0.4) is 0 Å². The number of aryl methyl sites for hydroxylation is 1. The topological polar surface area (TPSA) is 51.9 Å². The van der Waals surface area contributed by atoms with Crippen molar-refractivity contribution in [3.63, 3.8) is 0 Å². The molecule has 158 valence electrons. The maximum absolute atomic E-state index is 12.8. The molecule has 5 rings (SSSR count). The Morgan fingerprint density at radius 2 is 1.94 bits per heavy atom. The molecule has 1 aromatic carbocycles. The molecule has 0 aliphatic carbocycles. The Labute approximate surface area is 175 Å². The SMILES string of the molecule is Cn1c2c(c3ccc(-n4ccc(-c5ccc(C(F)(F)F)cn5)cc4=O)cc31)CNCC2. The van der Waals surface area contributed by atoms with E-state index in [1.54, 1.807) is 12.3 Å². The van der Waals surface area contributed by atoms with Gasteiger partial charge in [0, 0.05) is 61.7 Å². The van der Waals surface area contributed by atoms with E-state index in [0.29, 0.717) is 11.3 Å². The molecule has 0 bridgehead atoms. The number of halogens is 3. The van der Waals surface area contributed by atoms with E-state index in [2.05, 4.69) is 14.9 Å². The largest absolute Gasteiger partial charge is 0.417 e. The number of nitrogens with zero attached hydrogens (tertiary/aromatic N) is 3. The normalized spacial score (nSPS) is 14.1. The molecule has 1 aliphatic heterocycles. The van der Waals surface area contributed by atoms with Crippen molar-refractivity contribution in [2.24, 2.45) is 7.05 Å². The predicted molar refractivity (Wildman–Crippen MR) is 112 cm³/mol. The van der Waals surface area contributed by atoms with Gasteiger partial charge in [-0.15, -0.1) is 0 Å². The highest BCUT2D eigenvalue weighted by molar-refractivity contribution is 5.87. The fraction of sp³-hybridized carbons (Fsp3) is 0.217. The van der Waals surface area contributed by atoms with Crippen molar-refractivity contribution < 1.29 is 13.2 Å². The highest BCUT2D eigenvalue weighted by Gasteiger charge is 2.30. The molecule has 4 heterocycles. The Morgan fingerprint density at radius 1 is 1.10 bits per heavy atom. The average Bonchev–Trinajstić information content (AvgIpc) is 3.05. The van der Waals surface area contributed by atoms with Crippen molar-refractivity contribution in [3.05, 3.63) is 82.0 Å². The van der Waals surface area contributed by atoms with Gasteiger partial charge in [0.15, 0.2) is 0 Å².